The van der Waals surface area contributed by atoms with Crippen molar-refractivity contribution in [3.63, 3.8) is 0 Å². The molecule has 0 spiro atoms. The quantitative estimate of drug-likeness (QED) is 0.765. The summed E-state index contributed by atoms with van der Waals surface area (Å²) in [6.07, 6.45) is 2.17. The number of hydrogen-bond acceptors (Lipinski definition) is 6. The molecular weight excluding hydrogens is 354 g/mol. The summed E-state index contributed by atoms with van der Waals surface area (Å²) in [5.74, 6) is 1.49. The zero-order valence-electron chi connectivity index (χ0n) is 16.3. The van der Waals surface area contributed by atoms with Gasteiger partial charge in [-0.05, 0) is 31.9 Å². The Morgan fingerprint density at radius 3 is 2.64 bits per heavy atom. The lowest BCUT2D eigenvalue weighted by Crippen LogP contribution is -2.39. The number of carbonyl (C=O) groups excluding carboxylic acids is 1. The zero-order valence-corrected chi connectivity index (χ0v) is 16.3. The highest BCUT2D eigenvalue weighted by molar-refractivity contribution is 5.95. The number of carbonyl (C=O) groups is 1. The molecule has 4 rings (SSSR count). The predicted octanol–water partition coefficient (Wildman–Crippen LogP) is 2.09. The third-order valence-corrected chi connectivity index (χ3v) is 5.01. The molecule has 0 radical (unpaired) electrons. The van der Waals surface area contributed by atoms with Crippen LogP contribution in [0, 0.1) is 6.92 Å². The van der Waals surface area contributed by atoms with Crippen LogP contribution in [0.2, 0.25) is 0 Å². The monoisotopic (exact) mass is 381 g/mol. The van der Waals surface area contributed by atoms with E-state index < -0.39 is 0 Å². The van der Waals surface area contributed by atoms with Crippen molar-refractivity contribution in [2.24, 2.45) is 0 Å². The Balaban J connectivity index is 1.38. The van der Waals surface area contributed by atoms with Crippen LogP contribution < -0.4 is 10.6 Å². The molecule has 1 amide bonds. The number of hydrogen-bond donors (Lipinski definition) is 2. The number of aryl methyl sites for hydroxylation is 1. The maximum Gasteiger partial charge on any atom is 0.251 e. The van der Waals surface area contributed by atoms with E-state index in [0.29, 0.717) is 17.4 Å². The standard InChI is InChI=1S/C21H27N5O2/c1-15-14-19(22-8-9-26-10-12-28-13-11-26)25-20(23-15)16-2-4-17(5-3-16)21(27)24-18-6-7-18/h2-5,14,18H,6-13H2,1H3,(H,24,27)(H,22,23,25). The number of nitrogens with one attached hydrogen (secondary N) is 2. The van der Waals surface area contributed by atoms with E-state index in [4.69, 9.17) is 4.74 Å². The largest absolute Gasteiger partial charge is 0.379 e. The number of morpholine rings is 1. The van der Waals surface area contributed by atoms with Crippen LogP contribution in [0.3, 0.4) is 0 Å². The van der Waals surface area contributed by atoms with Gasteiger partial charge in [-0.2, -0.15) is 0 Å². The van der Waals surface area contributed by atoms with Crippen molar-refractivity contribution in [2.75, 3.05) is 44.7 Å². The van der Waals surface area contributed by atoms with Crippen molar-refractivity contribution in [1.82, 2.24) is 20.2 Å². The molecule has 7 heteroatoms. The average Bonchev–Trinajstić information content (AvgIpc) is 3.52. The van der Waals surface area contributed by atoms with E-state index in [9.17, 15) is 4.79 Å². The number of anilines is 1. The number of rotatable bonds is 7. The minimum absolute atomic E-state index is 0.00956. The van der Waals surface area contributed by atoms with Gasteiger partial charge in [-0.15, -0.1) is 0 Å². The number of benzene rings is 1. The van der Waals surface area contributed by atoms with Gasteiger partial charge in [0.2, 0.25) is 0 Å². The fourth-order valence-electron chi connectivity index (χ4n) is 3.22. The number of nitrogens with zero attached hydrogens (tertiary/aromatic N) is 3. The Labute approximate surface area is 165 Å². The van der Waals surface area contributed by atoms with Crippen molar-refractivity contribution in [3.05, 3.63) is 41.6 Å². The molecule has 28 heavy (non-hydrogen) atoms. The molecule has 2 N–H and O–H groups in total. The van der Waals surface area contributed by atoms with E-state index in [-0.39, 0.29) is 5.91 Å². The van der Waals surface area contributed by atoms with Crippen LogP contribution in [0.1, 0.15) is 28.9 Å². The summed E-state index contributed by atoms with van der Waals surface area (Å²) >= 11 is 0. The first-order chi connectivity index (χ1) is 13.7. The first-order valence-corrected chi connectivity index (χ1v) is 9.98. The second-order valence-electron chi connectivity index (χ2n) is 7.42. The number of ether oxygens (including phenoxy) is 1. The van der Waals surface area contributed by atoms with Gasteiger partial charge in [-0.1, -0.05) is 12.1 Å². The maximum atomic E-state index is 12.1. The summed E-state index contributed by atoms with van der Waals surface area (Å²) < 4.78 is 5.38. The maximum absolute atomic E-state index is 12.1. The normalized spacial score (nSPS) is 17.3. The molecule has 7 nitrogen and oxygen atoms in total. The Morgan fingerprint density at radius 1 is 1.18 bits per heavy atom. The van der Waals surface area contributed by atoms with Crippen molar-refractivity contribution in [1.29, 1.82) is 0 Å². The van der Waals surface area contributed by atoms with E-state index in [2.05, 4.69) is 25.5 Å². The summed E-state index contributed by atoms with van der Waals surface area (Å²) in [5.41, 5.74) is 2.49. The van der Waals surface area contributed by atoms with Gasteiger partial charge in [-0.3, -0.25) is 9.69 Å². The molecule has 1 aromatic carbocycles. The first kappa shape index (κ1) is 18.8. The third-order valence-electron chi connectivity index (χ3n) is 5.01. The fraction of sp³-hybridized carbons (Fsp3) is 0.476. The van der Waals surface area contributed by atoms with E-state index in [0.717, 1.165) is 69.3 Å². The highest BCUT2D eigenvalue weighted by atomic mass is 16.5. The molecule has 0 unspecified atom stereocenters. The lowest BCUT2D eigenvalue weighted by molar-refractivity contribution is 0.0398. The van der Waals surface area contributed by atoms with Crippen molar-refractivity contribution in [3.8, 4) is 11.4 Å². The fourth-order valence-corrected chi connectivity index (χ4v) is 3.22. The van der Waals surface area contributed by atoms with Crippen LogP contribution in [0.5, 0.6) is 0 Å². The minimum atomic E-state index is -0.00956. The van der Waals surface area contributed by atoms with E-state index in [1.54, 1.807) is 0 Å². The molecule has 1 aliphatic carbocycles. The SMILES string of the molecule is Cc1cc(NCCN2CCOCC2)nc(-c2ccc(C(=O)NC3CC3)cc2)n1. The molecule has 0 atom stereocenters. The van der Waals surface area contributed by atoms with E-state index in [1.165, 1.54) is 0 Å². The van der Waals surface area contributed by atoms with Crippen LogP contribution in [0.4, 0.5) is 5.82 Å². The third kappa shape index (κ3) is 5.05. The summed E-state index contributed by atoms with van der Waals surface area (Å²) in [5, 5.41) is 6.41. The van der Waals surface area contributed by atoms with Crippen LogP contribution in [0.15, 0.2) is 30.3 Å². The lowest BCUT2D eigenvalue weighted by atomic mass is 10.1. The van der Waals surface area contributed by atoms with Crippen molar-refractivity contribution >= 4 is 11.7 Å². The van der Waals surface area contributed by atoms with Crippen LogP contribution in [-0.4, -0.2) is 66.2 Å². The summed E-state index contributed by atoms with van der Waals surface area (Å²) in [6.45, 7) is 7.35. The topological polar surface area (TPSA) is 79.4 Å². The van der Waals surface area contributed by atoms with Gasteiger partial charge >= 0.3 is 0 Å². The molecule has 2 aromatic rings. The van der Waals surface area contributed by atoms with E-state index in [1.807, 2.05) is 37.3 Å². The van der Waals surface area contributed by atoms with Gasteiger partial charge in [0.15, 0.2) is 5.82 Å². The average molecular weight is 381 g/mol. The Kier molecular flexibility index (Phi) is 5.83. The summed E-state index contributed by atoms with van der Waals surface area (Å²) in [6, 6.07) is 9.81. The molecule has 1 aromatic heterocycles. The second-order valence-corrected chi connectivity index (χ2v) is 7.42. The van der Waals surface area contributed by atoms with Crippen LogP contribution >= 0.6 is 0 Å². The summed E-state index contributed by atoms with van der Waals surface area (Å²) in [4.78, 5) is 23.7. The minimum Gasteiger partial charge on any atom is -0.379 e. The molecule has 148 valence electrons. The lowest BCUT2D eigenvalue weighted by Gasteiger charge is -2.26. The van der Waals surface area contributed by atoms with Gasteiger partial charge in [-0.25, -0.2) is 9.97 Å². The van der Waals surface area contributed by atoms with Gasteiger partial charge in [0, 0.05) is 55.1 Å². The number of amides is 1. The molecule has 0 bridgehead atoms. The Bertz CT molecular complexity index is 814. The Morgan fingerprint density at radius 2 is 1.93 bits per heavy atom. The highest BCUT2D eigenvalue weighted by Crippen LogP contribution is 2.21. The van der Waals surface area contributed by atoms with Gasteiger partial charge < -0.3 is 15.4 Å². The highest BCUT2D eigenvalue weighted by Gasteiger charge is 2.23. The van der Waals surface area contributed by atoms with Crippen molar-refractivity contribution in [2.45, 2.75) is 25.8 Å². The summed E-state index contributed by atoms with van der Waals surface area (Å²) in [7, 11) is 0. The van der Waals surface area contributed by atoms with E-state index >= 15 is 0 Å². The molecule has 1 saturated heterocycles. The second kappa shape index (κ2) is 8.67. The predicted molar refractivity (Wildman–Crippen MR) is 108 cm³/mol. The number of aromatic nitrogens is 2. The molecule has 2 heterocycles. The first-order valence-electron chi connectivity index (χ1n) is 9.98. The van der Waals surface area contributed by atoms with Gasteiger partial charge in [0.1, 0.15) is 5.82 Å². The van der Waals surface area contributed by atoms with Crippen molar-refractivity contribution < 1.29 is 9.53 Å². The van der Waals surface area contributed by atoms with Gasteiger partial charge in [0.05, 0.1) is 13.2 Å². The molecular formula is C21H27N5O2. The Hall–Kier alpha value is -2.51. The molecule has 2 aliphatic rings. The van der Waals surface area contributed by atoms with Crippen LogP contribution in [0.25, 0.3) is 11.4 Å². The zero-order chi connectivity index (χ0) is 19.3. The smallest absolute Gasteiger partial charge is 0.251 e. The van der Waals surface area contributed by atoms with Crippen LogP contribution in [-0.2, 0) is 4.74 Å². The van der Waals surface area contributed by atoms with Gasteiger partial charge in [0.25, 0.3) is 5.91 Å². The molecule has 1 aliphatic heterocycles. The molecule has 2 fully saturated rings. The molecule has 1 saturated carbocycles.